The smallest absolute Gasteiger partial charge is 0.138 e. The van der Waals surface area contributed by atoms with Gasteiger partial charge in [0, 0.05) is 17.7 Å². The maximum absolute atomic E-state index is 6.10. The number of hydrogen-bond acceptors (Lipinski definition) is 3. The van der Waals surface area contributed by atoms with Gasteiger partial charge in [0.25, 0.3) is 0 Å². The van der Waals surface area contributed by atoms with Gasteiger partial charge in [-0.25, -0.2) is 9.97 Å². The fraction of sp³-hybridized carbons (Fsp3) is 0.286. The van der Waals surface area contributed by atoms with Crippen LogP contribution in [0.1, 0.15) is 23.9 Å². The van der Waals surface area contributed by atoms with Crippen molar-refractivity contribution in [3.8, 4) is 0 Å². The lowest BCUT2D eigenvalue weighted by Crippen LogP contribution is -2.03. The van der Waals surface area contributed by atoms with Crippen LogP contribution in [-0.2, 0) is 6.42 Å². The minimum absolute atomic E-state index is 0.511. The first-order valence-corrected chi connectivity index (χ1v) is 6.34. The number of nitrogens with zero attached hydrogens (tertiary/aromatic N) is 2. The summed E-state index contributed by atoms with van der Waals surface area (Å²) < 4.78 is 0. The molecule has 0 atom stereocenters. The standard InChI is InChI=1S/C14H16ClN3/c1-4-12-17-13(15)10(3)14(18-12)16-11-7-5-9(2)6-8-11/h5-8H,4H2,1-3H3,(H,16,17,18). The molecule has 0 saturated carbocycles. The number of hydrogen-bond donors (Lipinski definition) is 1. The molecule has 1 aromatic carbocycles. The van der Waals surface area contributed by atoms with Crippen LogP contribution in [0.2, 0.25) is 5.15 Å². The third kappa shape index (κ3) is 2.79. The van der Waals surface area contributed by atoms with E-state index in [-0.39, 0.29) is 0 Å². The lowest BCUT2D eigenvalue weighted by Gasteiger charge is -2.11. The first kappa shape index (κ1) is 12.8. The summed E-state index contributed by atoms with van der Waals surface area (Å²) in [5.41, 5.74) is 3.10. The van der Waals surface area contributed by atoms with Crippen molar-refractivity contribution in [2.24, 2.45) is 0 Å². The molecule has 2 rings (SSSR count). The summed E-state index contributed by atoms with van der Waals surface area (Å²) in [6.07, 6.45) is 0.766. The summed E-state index contributed by atoms with van der Waals surface area (Å²) in [5, 5.41) is 3.79. The molecule has 3 nitrogen and oxygen atoms in total. The van der Waals surface area contributed by atoms with Crippen molar-refractivity contribution in [2.75, 3.05) is 5.32 Å². The molecular formula is C14H16ClN3. The number of benzene rings is 1. The zero-order chi connectivity index (χ0) is 13.1. The van der Waals surface area contributed by atoms with Crippen molar-refractivity contribution >= 4 is 23.1 Å². The van der Waals surface area contributed by atoms with Crippen LogP contribution in [0.4, 0.5) is 11.5 Å². The maximum atomic E-state index is 6.10. The van der Waals surface area contributed by atoms with Gasteiger partial charge in [-0.05, 0) is 26.0 Å². The van der Waals surface area contributed by atoms with E-state index in [1.807, 2.05) is 26.0 Å². The predicted octanol–water partition coefficient (Wildman–Crippen LogP) is 4.05. The molecule has 0 amide bonds. The minimum atomic E-state index is 0.511. The quantitative estimate of drug-likeness (QED) is 0.847. The Labute approximate surface area is 112 Å². The van der Waals surface area contributed by atoms with Crippen molar-refractivity contribution in [3.63, 3.8) is 0 Å². The molecule has 1 aromatic heterocycles. The van der Waals surface area contributed by atoms with Gasteiger partial charge in [-0.1, -0.05) is 36.2 Å². The third-order valence-electron chi connectivity index (χ3n) is 2.76. The summed E-state index contributed by atoms with van der Waals surface area (Å²) >= 11 is 6.10. The number of anilines is 2. The number of rotatable bonds is 3. The zero-order valence-electron chi connectivity index (χ0n) is 10.8. The van der Waals surface area contributed by atoms with E-state index in [0.29, 0.717) is 5.15 Å². The van der Waals surface area contributed by atoms with Gasteiger partial charge in [-0.15, -0.1) is 0 Å². The largest absolute Gasteiger partial charge is 0.340 e. The van der Waals surface area contributed by atoms with Crippen LogP contribution in [0.3, 0.4) is 0 Å². The van der Waals surface area contributed by atoms with Crippen LogP contribution in [-0.4, -0.2) is 9.97 Å². The van der Waals surface area contributed by atoms with E-state index in [0.717, 1.165) is 29.3 Å². The van der Waals surface area contributed by atoms with Crippen LogP contribution < -0.4 is 5.32 Å². The van der Waals surface area contributed by atoms with Crippen LogP contribution in [0.15, 0.2) is 24.3 Å². The topological polar surface area (TPSA) is 37.8 Å². The Morgan fingerprint density at radius 1 is 1.11 bits per heavy atom. The Balaban J connectivity index is 2.33. The normalized spacial score (nSPS) is 10.4. The highest BCUT2D eigenvalue weighted by atomic mass is 35.5. The van der Waals surface area contributed by atoms with Crippen molar-refractivity contribution in [2.45, 2.75) is 27.2 Å². The van der Waals surface area contributed by atoms with Crippen molar-refractivity contribution in [3.05, 3.63) is 46.4 Å². The molecule has 94 valence electrons. The van der Waals surface area contributed by atoms with Gasteiger partial charge in [0.1, 0.15) is 16.8 Å². The molecule has 2 aromatic rings. The fourth-order valence-electron chi connectivity index (χ4n) is 1.59. The van der Waals surface area contributed by atoms with Gasteiger partial charge in [0.15, 0.2) is 0 Å². The van der Waals surface area contributed by atoms with Gasteiger partial charge in [-0.3, -0.25) is 0 Å². The summed E-state index contributed by atoms with van der Waals surface area (Å²) in [6, 6.07) is 8.16. The molecule has 0 radical (unpaired) electrons. The Kier molecular flexibility index (Phi) is 3.82. The number of aryl methyl sites for hydroxylation is 2. The second kappa shape index (κ2) is 5.36. The second-order valence-corrected chi connectivity index (χ2v) is 4.61. The minimum Gasteiger partial charge on any atom is -0.340 e. The van der Waals surface area contributed by atoms with E-state index in [1.165, 1.54) is 5.56 Å². The summed E-state index contributed by atoms with van der Waals surface area (Å²) in [7, 11) is 0. The van der Waals surface area contributed by atoms with Crippen molar-refractivity contribution < 1.29 is 0 Å². The molecule has 18 heavy (non-hydrogen) atoms. The highest BCUT2D eigenvalue weighted by Gasteiger charge is 2.08. The third-order valence-corrected chi connectivity index (χ3v) is 3.13. The summed E-state index contributed by atoms with van der Waals surface area (Å²) in [4.78, 5) is 8.68. The van der Waals surface area contributed by atoms with E-state index in [1.54, 1.807) is 0 Å². The molecule has 0 unspecified atom stereocenters. The number of nitrogens with one attached hydrogen (secondary N) is 1. The zero-order valence-corrected chi connectivity index (χ0v) is 11.5. The number of halogens is 1. The fourth-order valence-corrected chi connectivity index (χ4v) is 1.77. The molecule has 1 N–H and O–H groups in total. The van der Waals surface area contributed by atoms with Crippen molar-refractivity contribution in [1.82, 2.24) is 9.97 Å². The molecule has 0 saturated heterocycles. The Hall–Kier alpha value is -1.61. The van der Waals surface area contributed by atoms with E-state index in [9.17, 15) is 0 Å². The lowest BCUT2D eigenvalue weighted by atomic mass is 10.2. The maximum Gasteiger partial charge on any atom is 0.138 e. The summed E-state index contributed by atoms with van der Waals surface area (Å²) in [6.45, 7) is 5.99. The number of aromatic nitrogens is 2. The first-order valence-electron chi connectivity index (χ1n) is 5.97. The Morgan fingerprint density at radius 2 is 1.78 bits per heavy atom. The molecule has 4 heteroatoms. The lowest BCUT2D eigenvalue weighted by molar-refractivity contribution is 0.934. The average molecular weight is 262 g/mol. The van der Waals surface area contributed by atoms with E-state index >= 15 is 0 Å². The molecule has 0 spiro atoms. The molecule has 1 heterocycles. The van der Waals surface area contributed by atoms with Crippen LogP contribution in [0.5, 0.6) is 0 Å². The molecule has 0 bridgehead atoms. The Bertz CT molecular complexity index is 550. The van der Waals surface area contributed by atoms with Gasteiger partial charge >= 0.3 is 0 Å². The summed E-state index contributed by atoms with van der Waals surface area (Å²) in [5.74, 6) is 1.52. The molecule has 0 aliphatic heterocycles. The molecular weight excluding hydrogens is 246 g/mol. The van der Waals surface area contributed by atoms with Gasteiger partial charge in [0.05, 0.1) is 0 Å². The van der Waals surface area contributed by atoms with Gasteiger partial charge in [-0.2, -0.15) is 0 Å². The Morgan fingerprint density at radius 3 is 2.39 bits per heavy atom. The highest BCUT2D eigenvalue weighted by molar-refractivity contribution is 6.30. The average Bonchev–Trinajstić information content (AvgIpc) is 2.37. The second-order valence-electron chi connectivity index (χ2n) is 4.25. The van der Waals surface area contributed by atoms with Gasteiger partial charge in [0.2, 0.25) is 0 Å². The van der Waals surface area contributed by atoms with Crippen molar-refractivity contribution in [1.29, 1.82) is 0 Å². The molecule has 0 fully saturated rings. The van der Waals surface area contributed by atoms with E-state index in [2.05, 4.69) is 34.3 Å². The van der Waals surface area contributed by atoms with Crippen LogP contribution in [0, 0.1) is 13.8 Å². The monoisotopic (exact) mass is 261 g/mol. The van der Waals surface area contributed by atoms with Crippen LogP contribution >= 0.6 is 11.6 Å². The van der Waals surface area contributed by atoms with E-state index in [4.69, 9.17) is 11.6 Å². The van der Waals surface area contributed by atoms with Crippen LogP contribution in [0.25, 0.3) is 0 Å². The molecule has 0 aliphatic carbocycles. The SMILES string of the molecule is CCc1nc(Cl)c(C)c(Nc2ccc(C)cc2)n1. The predicted molar refractivity (Wildman–Crippen MR) is 75.6 cm³/mol. The highest BCUT2D eigenvalue weighted by Crippen LogP contribution is 2.23. The van der Waals surface area contributed by atoms with Gasteiger partial charge < -0.3 is 5.32 Å². The molecule has 0 aliphatic rings. The first-order chi connectivity index (χ1) is 8.60. The van der Waals surface area contributed by atoms with E-state index < -0.39 is 0 Å².